The van der Waals surface area contributed by atoms with Crippen LogP contribution in [0.1, 0.15) is 43.4 Å². The van der Waals surface area contributed by atoms with Gasteiger partial charge in [-0.1, -0.05) is 42.5 Å². The number of nitrogens with one attached hydrogen (secondary N) is 1. The SMILES string of the molecule is C[C@@H](c1ccccc1)N1[C@H]2CC[C@H](C2)[C@@H]1CNCc1ccc(F)cc1. The molecule has 2 aliphatic rings. The van der Waals surface area contributed by atoms with Crippen molar-refractivity contribution in [1.29, 1.82) is 0 Å². The molecule has 2 nitrogen and oxygen atoms in total. The van der Waals surface area contributed by atoms with E-state index in [2.05, 4.69) is 47.5 Å². The molecule has 0 spiro atoms. The largest absolute Gasteiger partial charge is 0.311 e. The van der Waals surface area contributed by atoms with Gasteiger partial charge in [-0.25, -0.2) is 4.39 Å². The zero-order valence-electron chi connectivity index (χ0n) is 14.9. The number of halogens is 1. The average Bonchev–Trinajstić information content (AvgIpc) is 3.25. The lowest BCUT2D eigenvalue weighted by Gasteiger charge is -2.40. The van der Waals surface area contributed by atoms with Crippen molar-refractivity contribution in [3.63, 3.8) is 0 Å². The fourth-order valence-electron chi connectivity index (χ4n) is 4.87. The summed E-state index contributed by atoms with van der Waals surface area (Å²) in [5, 5.41) is 3.62. The van der Waals surface area contributed by atoms with Gasteiger partial charge in [-0.15, -0.1) is 0 Å². The number of hydrogen-bond acceptors (Lipinski definition) is 2. The summed E-state index contributed by atoms with van der Waals surface area (Å²) in [4.78, 5) is 2.75. The number of piperidine rings is 1. The summed E-state index contributed by atoms with van der Waals surface area (Å²) in [5.41, 5.74) is 2.56. The van der Waals surface area contributed by atoms with Gasteiger partial charge >= 0.3 is 0 Å². The molecule has 2 aromatic rings. The molecule has 4 rings (SSSR count). The summed E-state index contributed by atoms with van der Waals surface area (Å²) in [6.07, 6.45) is 4.06. The van der Waals surface area contributed by atoms with E-state index in [1.807, 2.05) is 12.1 Å². The topological polar surface area (TPSA) is 15.3 Å². The third-order valence-electron chi connectivity index (χ3n) is 6.12. The Hall–Kier alpha value is -1.71. The van der Waals surface area contributed by atoms with Crippen LogP contribution in [0.4, 0.5) is 4.39 Å². The number of fused-ring (bicyclic) bond motifs is 2. The maximum Gasteiger partial charge on any atom is 0.123 e. The van der Waals surface area contributed by atoms with E-state index in [0.29, 0.717) is 12.1 Å². The third kappa shape index (κ3) is 3.49. The Kier molecular flexibility index (Phi) is 4.87. The second-order valence-corrected chi connectivity index (χ2v) is 7.59. The van der Waals surface area contributed by atoms with Gasteiger partial charge in [0.25, 0.3) is 0 Å². The van der Waals surface area contributed by atoms with Crippen molar-refractivity contribution in [3.05, 3.63) is 71.5 Å². The molecule has 132 valence electrons. The van der Waals surface area contributed by atoms with E-state index in [1.165, 1.54) is 24.8 Å². The lowest BCUT2D eigenvalue weighted by Crippen LogP contribution is -2.47. The molecule has 1 heterocycles. The first-order valence-electron chi connectivity index (χ1n) is 9.50. The van der Waals surface area contributed by atoms with E-state index in [9.17, 15) is 4.39 Å². The zero-order valence-corrected chi connectivity index (χ0v) is 14.9. The molecule has 1 saturated carbocycles. The molecule has 0 aromatic heterocycles. The molecular formula is C22H27FN2. The molecule has 2 fully saturated rings. The van der Waals surface area contributed by atoms with Crippen molar-refractivity contribution in [2.75, 3.05) is 6.54 Å². The molecule has 0 amide bonds. The summed E-state index contributed by atoms with van der Waals surface area (Å²) in [6.45, 7) is 4.17. The van der Waals surface area contributed by atoms with Gasteiger partial charge in [-0.05, 0) is 55.4 Å². The van der Waals surface area contributed by atoms with Crippen molar-refractivity contribution in [2.45, 2.75) is 50.9 Å². The Morgan fingerprint density at radius 2 is 1.84 bits per heavy atom. The van der Waals surface area contributed by atoms with Crippen LogP contribution in [0.5, 0.6) is 0 Å². The molecule has 2 bridgehead atoms. The van der Waals surface area contributed by atoms with Gasteiger partial charge in [-0.2, -0.15) is 0 Å². The van der Waals surface area contributed by atoms with Crippen molar-refractivity contribution >= 4 is 0 Å². The Morgan fingerprint density at radius 1 is 1.08 bits per heavy atom. The molecule has 1 aliphatic carbocycles. The minimum atomic E-state index is -0.167. The zero-order chi connectivity index (χ0) is 17.2. The van der Waals surface area contributed by atoms with E-state index in [1.54, 1.807) is 12.1 Å². The van der Waals surface area contributed by atoms with Crippen molar-refractivity contribution in [1.82, 2.24) is 10.2 Å². The summed E-state index contributed by atoms with van der Waals surface area (Å²) >= 11 is 0. The van der Waals surface area contributed by atoms with Crippen LogP contribution in [0.15, 0.2) is 54.6 Å². The average molecular weight is 338 g/mol. The molecular weight excluding hydrogens is 311 g/mol. The molecule has 1 saturated heterocycles. The number of nitrogens with zero attached hydrogens (tertiary/aromatic N) is 1. The van der Waals surface area contributed by atoms with Gasteiger partial charge in [0.2, 0.25) is 0 Å². The molecule has 0 unspecified atom stereocenters. The van der Waals surface area contributed by atoms with Gasteiger partial charge in [0.15, 0.2) is 0 Å². The van der Waals surface area contributed by atoms with Gasteiger partial charge in [0.05, 0.1) is 0 Å². The normalized spacial score (nSPS) is 26.9. The Morgan fingerprint density at radius 3 is 2.60 bits per heavy atom. The highest BCUT2D eigenvalue weighted by atomic mass is 19.1. The van der Waals surface area contributed by atoms with Crippen LogP contribution >= 0.6 is 0 Å². The van der Waals surface area contributed by atoms with Crippen molar-refractivity contribution < 1.29 is 4.39 Å². The lowest BCUT2D eigenvalue weighted by molar-refractivity contribution is 0.0926. The van der Waals surface area contributed by atoms with Gasteiger partial charge < -0.3 is 5.32 Å². The number of likely N-dealkylation sites (tertiary alicyclic amines) is 1. The predicted molar refractivity (Wildman–Crippen MR) is 99.7 cm³/mol. The monoisotopic (exact) mass is 338 g/mol. The van der Waals surface area contributed by atoms with E-state index in [-0.39, 0.29) is 5.82 Å². The number of rotatable bonds is 6. The van der Waals surface area contributed by atoms with Crippen LogP contribution in [0.2, 0.25) is 0 Å². The molecule has 0 radical (unpaired) electrons. The van der Waals surface area contributed by atoms with E-state index < -0.39 is 0 Å². The molecule has 25 heavy (non-hydrogen) atoms. The predicted octanol–water partition coefficient (Wildman–Crippen LogP) is 4.53. The van der Waals surface area contributed by atoms with Crippen LogP contribution in [-0.2, 0) is 6.54 Å². The Labute approximate surface area is 150 Å². The highest BCUT2D eigenvalue weighted by molar-refractivity contribution is 5.20. The third-order valence-corrected chi connectivity index (χ3v) is 6.12. The summed E-state index contributed by atoms with van der Waals surface area (Å²) in [7, 11) is 0. The van der Waals surface area contributed by atoms with Gasteiger partial charge in [-0.3, -0.25) is 4.90 Å². The van der Waals surface area contributed by atoms with Gasteiger partial charge in [0.1, 0.15) is 5.82 Å². The van der Waals surface area contributed by atoms with E-state index in [4.69, 9.17) is 0 Å². The minimum Gasteiger partial charge on any atom is -0.311 e. The smallest absolute Gasteiger partial charge is 0.123 e. The first kappa shape index (κ1) is 16.7. The second kappa shape index (κ2) is 7.27. The quantitative estimate of drug-likeness (QED) is 0.832. The highest BCUT2D eigenvalue weighted by Crippen LogP contribution is 2.46. The van der Waals surface area contributed by atoms with Gasteiger partial charge in [0, 0.05) is 31.2 Å². The first-order chi connectivity index (χ1) is 12.2. The summed E-state index contributed by atoms with van der Waals surface area (Å²) < 4.78 is 13.0. The van der Waals surface area contributed by atoms with Crippen LogP contribution < -0.4 is 5.32 Å². The first-order valence-corrected chi connectivity index (χ1v) is 9.50. The highest BCUT2D eigenvalue weighted by Gasteiger charge is 2.47. The fourth-order valence-corrected chi connectivity index (χ4v) is 4.87. The maximum absolute atomic E-state index is 13.0. The summed E-state index contributed by atoms with van der Waals surface area (Å²) in [6, 6.07) is 19.5. The molecule has 3 heteroatoms. The van der Waals surface area contributed by atoms with Crippen LogP contribution in [-0.4, -0.2) is 23.5 Å². The summed E-state index contributed by atoms with van der Waals surface area (Å²) in [5.74, 6) is 0.650. The van der Waals surface area contributed by atoms with E-state index in [0.717, 1.165) is 30.6 Å². The molecule has 2 aromatic carbocycles. The molecule has 1 N–H and O–H groups in total. The lowest BCUT2D eigenvalue weighted by atomic mass is 9.95. The van der Waals surface area contributed by atoms with E-state index >= 15 is 0 Å². The number of benzene rings is 2. The van der Waals surface area contributed by atoms with Crippen molar-refractivity contribution in [2.24, 2.45) is 5.92 Å². The second-order valence-electron chi connectivity index (χ2n) is 7.59. The minimum absolute atomic E-state index is 0.167. The standard InChI is InChI=1S/C22H27FN2/c1-16(18-5-3-2-4-6-18)25-21-12-9-19(13-21)22(25)15-24-14-17-7-10-20(23)11-8-17/h2-8,10-11,16,19,21-22,24H,9,12-15H2,1H3/t16-,19+,21-,22-/m0/s1. The Balaban J connectivity index is 1.41. The van der Waals surface area contributed by atoms with Crippen LogP contribution in [0.25, 0.3) is 0 Å². The van der Waals surface area contributed by atoms with Crippen molar-refractivity contribution in [3.8, 4) is 0 Å². The Bertz CT molecular complexity index is 685. The maximum atomic E-state index is 13.0. The van der Waals surface area contributed by atoms with Crippen LogP contribution in [0, 0.1) is 11.7 Å². The molecule has 1 aliphatic heterocycles. The fraction of sp³-hybridized carbons (Fsp3) is 0.455. The van der Waals surface area contributed by atoms with Crippen LogP contribution in [0.3, 0.4) is 0 Å². The molecule has 4 atom stereocenters. The number of hydrogen-bond donors (Lipinski definition) is 1.